The van der Waals surface area contributed by atoms with E-state index in [0.717, 1.165) is 31.6 Å². The minimum absolute atomic E-state index is 0.198. The number of likely N-dealkylation sites (tertiary alicyclic amines) is 1. The number of carbonyl (C=O) groups is 2. The lowest BCUT2D eigenvalue weighted by molar-refractivity contribution is -0.121. The lowest BCUT2D eigenvalue weighted by atomic mass is 10.0. The normalized spacial score (nSPS) is 16.7. The van der Waals surface area contributed by atoms with Crippen LogP contribution in [0.3, 0.4) is 0 Å². The Bertz CT molecular complexity index is 762. The van der Waals surface area contributed by atoms with Crippen LogP contribution in [0.25, 0.3) is 0 Å². The van der Waals surface area contributed by atoms with Crippen molar-refractivity contribution in [3.05, 3.63) is 52.2 Å². The molecule has 6 nitrogen and oxygen atoms in total. The fraction of sp³-hybridized carbons (Fsp3) is 0.429. The molecule has 2 aromatic rings. The number of nitrogens with one attached hydrogen (secondary N) is 2. The minimum Gasteiger partial charge on any atom is -0.494 e. The largest absolute Gasteiger partial charge is 0.494 e. The van der Waals surface area contributed by atoms with Crippen molar-refractivity contribution in [1.82, 2.24) is 15.5 Å². The van der Waals surface area contributed by atoms with Crippen LogP contribution in [-0.2, 0) is 11.2 Å². The third kappa shape index (κ3) is 5.81. The van der Waals surface area contributed by atoms with Gasteiger partial charge in [0.2, 0.25) is 5.91 Å². The number of carbonyl (C=O) groups excluding carboxylic acids is 2. The predicted molar refractivity (Wildman–Crippen MR) is 111 cm³/mol. The third-order valence-electron chi connectivity index (χ3n) is 4.78. The number of ether oxygens (including phenoxy) is 1. The van der Waals surface area contributed by atoms with Crippen LogP contribution < -0.4 is 15.4 Å². The molecule has 3 amide bonds. The maximum absolute atomic E-state index is 12.3. The average molecular weight is 402 g/mol. The molecule has 28 heavy (non-hydrogen) atoms. The van der Waals surface area contributed by atoms with E-state index < -0.39 is 6.03 Å². The molecule has 1 saturated heterocycles. The Kier molecular flexibility index (Phi) is 7.45. The van der Waals surface area contributed by atoms with Crippen molar-refractivity contribution in [3.8, 4) is 5.75 Å². The maximum atomic E-state index is 12.3. The first kappa shape index (κ1) is 20.4. The molecule has 1 atom stereocenters. The van der Waals surface area contributed by atoms with E-state index in [1.165, 1.54) is 10.4 Å². The van der Waals surface area contributed by atoms with E-state index in [9.17, 15) is 9.59 Å². The maximum Gasteiger partial charge on any atom is 0.321 e. The zero-order valence-electron chi connectivity index (χ0n) is 16.1. The monoisotopic (exact) mass is 401 g/mol. The second kappa shape index (κ2) is 10.2. The van der Waals surface area contributed by atoms with Crippen LogP contribution in [0.15, 0.2) is 41.8 Å². The summed E-state index contributed by atoms with van der Waals surface area (Å²) in [7, 11) is 0. The van der Waals surface area contributed by atoms with Crippen molar-refractivity contribution in [2.75, 3.05) is 26.2 Å². The molecule has 0 saturated carbocycles. The van der Waals surface area contributed by atoms with Gasteiger partial charge >= 0.3 is 6.03 Å². The predicted octanol–water partition coefficient (Wildman–Crippen LogP) is 3.35. The van der Waals surface area contributed by atoms with Gasteiger partial charge in [0.15, 0.2) is 0 Å². The summed E-state index contributed by atoms with van der Waals surface area (Å²) in [6.45, 7) is 4.19. The van der Waals surface area contributed by atoms with Gasteiger partial charge in [-0.15, -0.1) is 11.3 Å². The molecule has 1 aliphatic rings. The Morgan fingerprint density at radius 2 is 2.07 bits per heavy atom. The van der Waals surface area contributed by atoms with Gasteiger partial charge in [-0.25, -0.2) is 4.79 Å². The number of hydrogen-bond donors (Lipinski definition) is 2. The topological polar surface area (TPSA) is 70.7 Å². The number of imide groups is 1. The second-order valence-electron chi connectivity index (χ2n) is 6.76. The number of benzene rings is 1. The highest BCUT2D eigenvalue weighted by Crippen LogP contribution is 2.32. The zero-order chi connectivity index (χ0) is 19.8. The Morgan fingerprint density at radius 1 is 1.25 bits per heavy atom. The molecular formula is C21H27N3O3S. The Labute approximate surface area is 169 Å². The van der Waals surface area contributed by atoms with Crippen molar-refractivity contribution in [3.63, 3.8) is 0 Å². The molecule has 1 aromatic heterocycles. The van der Waals surface area contributed by atoms with Gasteiger partial charge in [0, 0.05) is 17.5 Å². The first-order chi connectivity index (χ1) is 13.7. The summed E-state index contributed by atoms with van der Waals surface area (Å²) in [6, 6.07) is 11.8. The first-order valence-corrected chi connectivity index (χ1v) is 10.6. The van der Waals surface area contributed by atoms with E-state index in [2.05, 4.69) is 27.7 Å². The number of thiophene rings is 1. The molecule has 1 unspecified atom stereocenters. The molecule has 0 bridgehead atoms. The smallest absolute Gasteiger partial charge is 0.321 e. The number of amides is 3. The zero-order valence-corrected chi connectivity index (χ0v) is 17.0. The molecular weight excluding hydrogens is 374 g/mol. The third-order valence-corrected chi connectivity index (χ3v) is 5.71. The SMILES string of the molecule is CCOc1ccc(C2CCCN2CC(=O)NC(=O)NCCc2cccs2)cc1. The first-order valence-electron chi connectivity index (χ1n) is 9.72. The van der Waals surface area contributed by atoms with Gasteiger partial charge in [-0.3, -0.25) is 15.0 Å². The van der Waals surface area contributed by atoms with Gasteiger partial charge in [0.25, 0.3) is 0 Å². The number of nitrogens with zero attached hydrogens (tertiary/aromatic N) is 1. The summed E-state index contributed by atoms with van der Waals surface area (Å²) >= 11 is 1.66. The summed E-state index contributed by atoms with van der Waals surface area (Å²) in [4.78, 5) is 27.6. The van der Waals surface area contributed by atoms with E-state index in [4.69, 9.17) is 4.74 Å². The molecule has 0 spiro atoms. The van der Waals surface area contributed by atoms with E-state index in [-0.39, 0.29) is 18.5 Å². The highest BCUT2D eigenvalue weighted by molar-refractivity contribution is 7.09. The molecule has 3 rings (SSSR count). The highest BCUT2D eigenvalue weighted by Gasteiger charge is 2.27. The van der Waals surface area contributed by atoms with Gasteiger partial charge in [-0.05, 0) is 61.9 Å². The number of urea groups is 1. The van der Waals surface area contributed by atoms with E-state index >= 15 is 0 Å². The molecule has 2 N–H and O–H groups in total. The van der Waals surface area contributed by atoms with Crippen molar-refractivity contribution >= 4 is 23.3 Å². The molecule has 0 radical (unpaired) electrons. The Balaban J connectivity index is 1.45. The summed E-state index contributed by atoms with van der Waals surface area (Å²) in [5, 5.41) is 7.19. The molecule has 0 aliphatic carbocycles. The Hall–Kier alpha value is -2.38. The van der Waals surface area contributed by atoms with E-state index in [0.29, 0.717) is 13.2 Å². The van der Waals surface area contributed by atoms with Gasteiger partial charge in [-0.1, -0.05) is 18.2 Å². The number of hydrogen-bond acceptors (Lipinski definition) is 5. The minimum atomic E-state index is -0.432. The molecule has 2 heterocycles. The van der Waals surface area contributed by atoms with E-state index in [1.54, 1.807) is 11.3 Å². The molecule has 7 heteroatoms. The second-order valence-corrected chi connectivity index (χ2v) is 7.80. The fourth-order valence-electron chi connectivity index (χ4n) is 3.49. The summed E-state index contributed by atoms with van der Waals surface area (Å²) < 4.78 is 5.49. The van der Waals surface area contributed by atoms with Crippen LogP contribution in [0.2, 0.25) is 0 Å². The van der Waals surface area contributed by atoms with Gasteiger partial charge in [0.05, 0.1) is 13.2 Å². The van der Waals surface area contributed by atoms with Crippen LogP contribution in [0.1, 0.15) is 36.2 Å². The van der Waals surface area contributed by atoms with Crippen molar-refractivity contribution < 1.29 is 14.3 Å². The molecule has 1 fully saturated rings. The summed E-state index contributed by atoms with van der Waals surface area (Å²) in [6.07, 6.45) is 2.82. The van der Waals surface area contributed by atoms with Crippen LogP contribution in [0.4, 0.5) is 4.79 Å². The van der Waals surface area contributed by atoms with Crippen molar-refractivity contribution in [2.24, 2.45) is 0 Å². The van der Waals surface area contributed by atoms with Crippen LogP contribution in [0.5, 0.6) is 5.75 Å². The van der Waals surface area contributed by atoms with Crippen LogP contribution >= 0.6 is 11.3 Å². The summed E-state index contributed by atoms with van der Waals surface area (Å²) in [5.41, 5.74) is 1.18. The van der Waals surface area contributed by atoms with Crippen molar-refractivity contribution in [2.45, 2.75) is 32.2 Å². The standard InChI is InChI=1S/C21H27N3O3S/c1-2-27-17-9-7-16(8-10-17)19-6-3-13-24(19)15-20(25)23-21(26)22-12-11-18-5-4-14-28-18/h4-5,7-10,14,19H,2-3,6,11-13,15H2,1H3,(H2,22,23,25,26). The van der Waals surface area contributed by atoms with Crippen LogP contribution in [-0.4, -0.2) is 43.1 Å². The molecule has 1 aliphatic heterocycles. The van der Waals surface area contributed by atoms with Gasteiger partial charge in [0.1, 0.15) is 5.75 Å². The lowest BCUT2D eigenvalue weighted by Crippen LogP contribution is -2.44. The number of rotatable bonds is 8. The highest BCUT2D eigenvalue weighted by atomic mass is 32.1. The fourth-order valence-corrected chi connectivity index (χ4v) is 4.20. The van der Waals surface area contributed by atoms with Gasteiger partial charge < -0.3 is 10.1 Å². The van der Waals surface area contributed by atoms with E-state index in [1.807, 2.05) is 36.6 Å². The average Bonchev–Trinajstić information content (AvgIpc) is 3.35. The van der Waals surface area contributed by atoms with Crippen LogP contribution in [0, 0.1) is 0 Å². The quantitative estimate of drug-likeness (QED) is 0.712. The molecule has 150 valence electrons. The lowest BCUT2D eigenvalue weighted by Gasteiger charge is -2.24. The Morgan fingerprint density at radius 3 is 2.79 bits per heavy atom. The van der Waals surface area contributed by atoms with Gasteiger partial charge in [-0.2, -0.15) is 0 Å². The molecule has 1 aromatic carbocycles. The summed E-state index contributed by atoms with van der Waals surface area (Å²) in [5.74, 6) is 0.583. The van der Waals surface area contributed by atoms with Crippen molar-refractivity contribution in [1.29, 1.82) is 0 Å².